The SMILES string of the molecule is Cc1c(C)c(C)c(C#CCNC(=O)CN)c(C)c1C. The Labute approximate surface area is 115 Å². The first-order valence-electron chi connectivity index (χ1n) is 6.42. The molecule has 0 aliphatic carbocycles. The Kier molecular flexibility index (Phi) is 5.14. The van der Waals surface area contributed by atoms with E-state index in [2.05, 4.69) is 51.8 Å². The van der Waals surface area contributed by atoms with Crippen LogP contribution in [0.3, 0.4) is 0 Å². The van der Waals surface area contributed by atoms with Crippen LogP contribution in [0.5, 0.6) is 0 Å². The number of rotatable bonds is 2. The van der Waals surface area contributed by atoms with Gasteiger partial charge in [0.25, 0.3) is 0 Å². The lowest BCUT2D eigenvalue weighted by atomic mass is 9.90. The highest BCUT2D eigenvalue weighted by Gasteiger charge is 2.10. The second-order valence-electron chi connectivity index (χ2n) is 4.78. The molecule has 3 heteroatoms. The molecule has 102 valence electrons. The molecule has 19 heavy (non-hydrogen) atoms. The maximum absolute atomic E-state index is 11.0. The first-order chi connectivity index (χ1) is 8.90. The summed E-state index contributed by atoms with van der Waals surface area (Å²) in [6, 6.07) is 0. The molecule has 1 aromatic rings. The minimum absolute atomic E-state index is 0.00246. The molecule has 0 radical (unpaired) electrons. The van der Waals surface area contributed by atoms with Crippen LogP contribution in [0.15, 0.2) is 0 Å². The van der Waals surface area contributed by atoms with E-state index in [1.165, 1.54) is 27.8 Å². The summed E-state index contributed by atoms with van der Waals surface area (Å²) in [5.74, 6) is 5.97. The molecule has 1 aromatic carbocycles. The van der Waals surface area contributed by atoms with E-state index in [0.29, 0.717) is 6.54 Å². The molecule has 0 aliphatic heterocycles. The van der Waals surface area contributed by atoms with Crippen molar-refractivity contribution in [3.63, 3.8) is 0 Å². The number of benzene rings is 1. The van der Waals surface area contributed by atoms with Crippen LogP contribution in [0.1, 0.15) is 33.4 Å². The molecule has 0 heterocycles. The molecule has 0 bridgehead atoms. The molecule has 0 saturated heterocycles. The van der Waals surface area contributed by atoms with Crippen LogP contribution < -0.4 is 11.1 Å². The second-order valence-corrected chi connectivity index (χ2v) is 4.78. The van der Waals surface area contributed by atoms with E-state index in [4.69, 9.17) is 5.73 Å². The predicted molar refractivity (Wildman–Crippen MR) is 79.1 cm³/mol. The third-order valence-electron chi connectivity index (χ3n) is 3.77. The number of nitrogens with one attached hydrogen (secondary N) is 1. The molecular weight excluding hydrogens is 236 g/mol. The summed E-state index contributed by atoms with van der Waals surface area (Å²) in [5, 5.41) is 2.64. The highest BCUT2D eigenvalue weighted by molar-refractivity contribution is 5.78. The van der Waals surface area contributed by atoms with Crippen molar-refractivity contribution in [1.29, 1.82) is 0 Å². The Morgan fingerprint density at radius 2 is 1.47 bits per heavy atom. The second kappa shape index (κ2) is 6.40. The van der Waals surface area contributed by atoms with Gasteiger partial charge in [-0.1, -0.05) is 11.8 Å². The quantitative estimate of drug-likeness (QED) is 0.793. The first-order valence-corrected chi connectivity index (χ1v) is 6.42. The third-order valence-corrected chi connectivity index (χ3v) is 3.77. The van der Waals surface area contributed by atoms with Crippen LogP contribution in [0.4, 0.5) is 0 Å². The van der Waals surface area contributed by atoms with E-state index in [0.717, 1.165) is 5.56 Å². The highest BCUT2D eigenvalue weighted by atomic mass is 16.1. The Bertz CT molecular complexity index is 533. The van der Waals surface area contributed by atoms with Crippen LogP contribution in [0, 0.1) is 46.5 Å². The van der Waals surface area contributed by atoms with Gasteiger partial charge in [-0.2, -0.15) is 0 Å². The summed E-state index contributed by atoms with van der Waals surface area (Å²) in [6.45, 7) is 10.9. The van der Waals surface area contributed by atoms with E-state index in [1.54, 1.807) is 0 Å². The fraction of sp³-hybridized carbons (Fsp3) is 0.438. The van der Waals surface area contributed by atoms with Crippen LogP contribution >= 0.6 is 0 Å². The van der Waals surface area contributed by atoms with E-state index in [-0.39, 0.29) is 12.5 Å². The van der Waals surface area contributed by atoms with Gasteiger partial charge in [0.2, 0.25) is 5.91 Å². The van der Waals surface area contributed by atoms with Crippen molar-refractivity contribution >= 4 is 5.91 Å². The van der Waals surface area contributed by atoms with Gasteiger partial charge in [-0.05, 0) is 62.4 Å². The van der Waals surface area contributed by atoms with Gasteiger partial charge in [0, 0.05) is 5.56 Å². The lowest BCUT2D eigenvalue weighted by molar-refractivity contribution is -0.119. The van der Waals surface area contributed by atoms with Crippen molar-refractivity contribution in [3.8, 4) is 11.8 Å². The largest absolute Gasteiger partial charge is 0.344 e. The van der Waals surface area contributed by atoms with Gasteiger partial charge < -0.3 is 11.1 Å². The first kappa shape index (κ1) is 15.3. The van der Waals surface area contributed by atoms with Crippen LogP contribution in [0.25, 0.3) is 0 Å². The zero-order valence-corrected chi connectivity index (χ0v) is 12.4. The molecular formula is C16H22N2O. The van der Waals surface area contributed by atoms with E-state index in [9.17, 15) is 4.79 Å². The fourth-order valence-corrected chi connectivity index (χ4v) is 2.04. The molecule has 3 N–H and O–H groups in total. The summed E-state index contributed by atoms with van der Waals surface area (Å²) in [5.41, 5.74) is 12.6. The summed E-state index contributed by atoms with van der Waals surface area (Å²) in [4.78, 5) is 11.0. The van der Waals surface area contributed by atoms with Gasteiger partial charge in [-0.3, -0.25) is 4.79 Å². The molecule has 0 saturated carbocycles. The standard InChI is InChI=1S/C16H22N2O/c1-10-11(2)13(4)15(14(5)12(10)3)7-6-8-18-16(19)9-17/h8-9,17H2,1-5H3,(H,18,19). The Morgan fingerprint density at radius 1 is 1.00 bits per heavy atom. The zero-order valence-electron chi connectivity index (χ0n) is 12.4. The number of nitrogens with two attached hydrogens (primary N) is 1. The number of hydrogen-bond donors (Lipinski definition) is 2. The molecule has 0 atom stereocenters. The van der Waals surface area contributed by atoms with E-state index < -0.39 is 0 Å². The van der Waals surface area contributed by atoms with Gasteiger partial charge >= 0.3 is 0 Å². The monoisotopic (exact) mass is 258 g/mol. The topological polar surface area (TPSA) is 55.1 Å². The Balaban J connectivity index is 3.03. The van der Waals surface area contributed by atoms with Gasteiger partial charge in [0.05, 0.1) is 13.1 Å². The van der Waals surface area contributed by atoms with Crippen molar-refractivity contribution in [2.75, 3.05) is 13.1 Å². The van der Waals surface area contributed by atoms with E-state index in [1.807, 2.05) is 0 Å². The molecule has 1 amide bonds. The van der Waals surface area contributed by atoms with E-state index >= 15 is 0 Å². The highest BCUT2D eigenvalue weighted by Crippen LogP contribution is 2.25. The van der Waals surface area contributed by atoms with Gasteiger partial charge in [-0.15, -0.1) is 0 Å². The normalized spacial score (nSPS) is 9.79. The lowest BCUT2D eigenvalue weighted by Crippen LogP contribution is -2.30. The summed E-state index contributed by atoms with van der Waals surface area (Å²) >= 11 is 0. The fourth-order valence-electron chi connectivity index (χ4n) is 2.04. The minimum atomic E-state index is -0.181. The molecule has 0 aromatic heterocycles. The van der Waals surface area contributed by atoms with Gasteiger partial charge in [0.1, 0.15) is 0 Å². The third kappa shape index (κ3) is 3.36. The van der Waals surface area contributed by atoms with Crippen molar-refractivity contribution in [3.05, 3.63) is 33.4 Å². The van der Waals surface area contributed by atoms with Crippen molar-refractivity contribution < 1.29 is 4.79 Å². The summed E-state index contributed by atoms with van der Waals surface area (Å²) < 4.78 is 0. The minimum Gasteiger partial charge on any atom is -0.344 e. The maximum atomic E-state index is 11.0. The maximum Gasteiger partial charge on any atom is 0.234 e. The molecule has 3 nitrogen and oxygen atoms in total. The van der Waals surface area contributed by atoms with Crippen LogP contribution in [-0.4, -0.2) is 19.0 Å². The van der Waals surface area contributed by atoms with Crippen LogP contribution in [0.2, 0.25) is 0 Å². The van der Waals surface area contributed by atoms with Crippen molar-refractivity contribution in [2.45, 2.75) is 34.6 Å². The molecule has 0 spiro atoms. The average Bonchev–Trinajstić information content (AvgIpc) is 2.41. The average molecular weight is 258 g/mol. The Hall–Kier alpha value is -1.79. The number of carbonyl (C=O) groups excluding carboxylic acids is 1. The summed E-state index contributed by atoms with van der Waals surface area (Å²) in [6.07, 6.45) is 0. The number of hydrogen-bond acceptors (Lipinski definition) is 2. The molecule has 0 aliphatic rings. The number of amides is 1. The van der Waals surface area contributed by atoms with Gasteiger partial charge in [0.15, 0.2) is 0 Å². The predicted octanol–water partition coefficient (Wildman–Crippen LogP) is 1.66. The molecule has 0 fully saturated rings. The van der Waals surface area contributed by atoms with Crippen LogP contribution in [-0.2, 0) is 4.79 Å². The lowest BCUT2D eigenvalue weighted by Gasteiger charge is -2.15. The molecule has 1 rings (SSSR count). The number of carbonyl (C=O) groups is 1. The summed E-state index contributed by atoms with van der Waals surface area (Å²) in [7, 11) is 0. The zero-order chi connectivity index (χ0) is 14.6. The Morgan fingerprint density at radius 3 is 1.95 bits per heavy atom. The van der Waals surface area contributed by atoms with Gasteiger partial charge in [-0.25, -0.2) is 0 Å². The molecule has 0 unspecified atom stereocenters. The van der Waals surface area contributed by atoms with Crippen molar-refractivity contribution in [1.82, 2.24) is 5.32 Å². The smallest absolute Gasteiger partial charge is 0.234 e. The van der Waals surface area contributed by atoms with Crippen molar-refractivity contribution in [2.24, 2.45) is 5.73 Å².